The van der Waals surface area contributed by atoms with Gasteiger partial charge in [0.25, 0.3) is 0 Å². The molecular formula is C26H42N6. The zero-order valence-corrected chi connectivity index (χ0v) is 21.1. The van der Waals surface area contributed by atoms with Crippen molar-refractivity contribution in [1.82, 2.24) is 24.9 Å². The van der Waals surface area contributed by atoms with E-state index in [2.05, 4.69) is 91.4 Å². The van der Waals surface area contributed by atoms with E-state index in [9.17, 15) is 0 Å². The first-order valence-electron chi connectivity index (χ1n) is 11.5. The maximum atomic E-state index is 4.00. The van der Waals surface area contributed by atoms with Crippen molar-refractivity contribution in [2.75, 3.05) is 0 Å². The van der Waals surface area contributed by atoms with Crippen LogP contribution < -0.4 is 0 Å². The summed E-state index contributed by atoms with van der Waals surface area (Å²) in [7, 11) is 0. The van der Waals surface area contributed by atoms with Crippen molar-refractivity contribution in [3.63, 3.8) is 0 Å². The van der Waals surface area contributed by atoms with Gasteiger partial charge in [-0.3, -0.25) is 4.99 Å². The SMILES string of the molecule is CC(C)C1=CN=CC1.CC(C)c1ccc[nH]1.CC(C)c1cnc[nH]1.CC(C)c1cnc[nH]1. The summed E-state index contributed by atoms with van der Waals surface area (Å²) >= 11 is 0. The maximum Gasteiger partial charge on any atom is 0.0921 e. The number of nitrogens with one attached hydrogen (secondary N) is 3. The summed E-state index contributed by atoms with van der Waals surface area (Å²) in [6.45, 7) is 17.3. The molecule has 0 amide bonds. The Hall–Kier alpha value is -2.89. The van der Waals surface area contributed by atoms with Crippen LogP contribution in [0.4, 0.5) is 0 Å². The van der Waals surface area contributed by atoms with Gasteiger partial charge in [0.2, 0.25) is 0 Å². The molecule has 0 fully saturated rings. The van der Waals surface area contributed by atoms with E-state index in [1.54, 1.807) is 12.7 Å². The fourth-order valence-electron chi connectivity index (χ4n) is 2.61. The Morgan fingerprint density at radius 1 is 0.688 bits per heavy atom. The Morgan fingerprint density at radius 2 is 1.22 bits per heavy atom. The van der Waals surface area contributed by atoms with Crippen molar-refractivity contribution in [2.24, 2.45) is 10.9 Å². The summed E-state index contributed by atoms with van der Waals surface area (Å²) < 4.78 is 0. The number of imidazole rings is 2. The maximum absolute atomic E-state index is 4.00. The third-order valence-corrected chi connectivity index (χ3v) is 4.94. The predicted molar refractivity (Wildman–Crippen MR) is 136 cm³/mol. The fourth-order valence-corrected chi connectivity index (χ4v) is 2.61. The van der Waals surface area contributed by atoms with Crippen molar-refractivity contribution in [1.29, 1.82) is 0 Å². The lowest BCUT2D eigenvalue weighted by Gasteiger charge is -2.01. The lowest BCUT2D eigenvalue weighted by molar-refractivity contribution is 0.759. The minimum atomic E-state index is 0.567. The first-order valence-corrected chi connectivity index (χ1v) is 11.5. The van der Waals surface area contributed by atoms with Crippen LogP contribution in [0.5, 0.6) is 0 Å². The van der Waals surface area contributed by atoms with Gasteiger partial charge >= 0.3 is 0 Å². The van der Waals surface area contributed by atoms with Crippen molar-refractivity contribution in [3.05, 3.63) is 72.2 Å². The van der Waals surface area contributed by atoms with Crippen LogP contribution in [0.15, 0.2) is 60.1 Å². The first kappa shape index (κ1) is 27.1. The van der Waals surface area contributed by atoms with Gasteiger partial charge in [0.15, 0.2) is 0 Å². The Bertz CT molecular complexity index is 761. The molecule has 0 atom stereocenters. The molecule has 1 aliphatic heterocycles. The molecule has 0 saturated heterocycles. The van der Waals surface area contributed by atoms with E-state index in [0.717, 1.165) is 6.42 Å². The molecule has 3 aromatic heterocycles. The summed E-state index contributed by atoms with van der Waals surface area (Å²) in [5.41, 5.74) is 5.16. The third-order valence-electron chi connectivity index (χ3n) is 4.94. The summed E-state index contributed by atoms with van der Waals surface area (Å²) in [6, 6.07) is 4.12. The van der Waals surface area contributed by atoms with E-state index in [0.29, 0.717) is 23.7 Å². The molecular weight excluding hydrogens is 396 g/mol. The predicted octanol–water partition coefficient (Wildman–Crippen LogP) is 7.21. The van der Waals surface area contributed by atoms with E-state index in [4.69, 9.17) is 0 Å². The molecule has 6 heteroatoms. The molecule has 0 saturated carbocycles. The summed E-state index contributed by atoms with van der Waals surface area (Å²) in [5.74, 6) is 2.44. The number of aliphatic imine (C=N–C) groups is 1. The van der Waals surface area contributed by atoms with E-state index < -0.39 is 0 Å². The number of H-pyrrole nitrogens is 3. The minimum absolute atomic E-state index is 0.567. The Labute approximate surface area is 194 Å². The highest BCUT2D eigenvalue weighted by atomic mass is 14.9. The van der Waals surface area contributed by atoms with Gasteiger partial charge in [-0.1, -0.05) is 55.4 Å². The molecule has 3 N–H and O–H groups in total. The van der Waals surface area contributed by atoms with Crippen LogP contribution in [-0.4, -0.2) is 31.1 Å². The second kappa shape index (κ2) is 15.0. The van der Waals surface area contributed by atoms with E-state index in [-0.39, 0.29) is 0 Å². The normalized spacial score (nSPS) is 12.2. The van der Waals surface area contributed by atoms with Gasteiger partial charge in [0.1, 0.15) is 0 Å². The monoisotopic (exact) mass is 438 g/mol. The molecule has 1 aliphatic rings. The molecule has 3 aromatic rings. The molecule has 0 radical (unpaired) electrons. The summed E-state index contributed by atoms with van der Waals surface area (Å²) in [5, 5.41) is 0. The van der Waals surface area contributed by atoms with Crippen molar-refractivity contribution < 1.29 is 0 Å². The van der Waals surface area contributed by atoms with Crippen LogP contribution >= 0.6 is 0 Å². The van der Waals surface area contributed by atoms with Crippen LogP contribution in [0.3, 0.4) is 0 Å². The van der Waals surface area contributed by atoms with Crippen molar-refractivity contribution >= 4 is 6.21 Å². The highest BCUT2D eigenvalue weighted by Crippen LogP contribution is 2.15. The molecule has 32 heavy (non-hydrogen) atoms. The zero-order valence-electron chi connectivity index (χ0n) is 21.1. The third kappa shape index (κ3) is 10.9. The van der Waals surface area contributed by atoms with Crippen LogP contribution in [-0.2, 0) is 0 Å². The minimum Gasteiger partial charge on any atom is -0.365 e. The van der Waals surface area contributed by atoms with E-state index >= 15 is 0 Å². The zero-order chi connectivity index (χ0) is 23.9. The molecule has 0 bridgehead atoms. The first-order chi connectivity index (χ1) is 15.2. The number of aromatic amines is 3. The largest absolute Gasteiger partial charge is 0.365 e. The lowest BCUT2D eigenvalue weighted by atomic mass is 10.0. The quantitative estimate of drug-likeness (QED) is 0.402. The summed E-state index contributed by atoms with van der Waals surface area (Å²) in [4.78, 5) is 21.0. The number of hydrogen-bond acceptors (Lipinski definition) is 3. The van der Waals surface area contributed by atoms with Gasteiger partial charge in [-0.05, 0) is 41.4 Å². The number of nitrogens with zero attached hydrogens (tertiary/aromatic N) is 3. The smallest absolute Gasteiger partial charge is 0.0921 e. The number of allylic oxidation sites excluding steroid dienone is 1. The standard InChI is InChI=1S/2C7H11N.2C6H10N2/c1-6(2)7-3-4-8-5-7;1-6(2)7-4-3-5-8-7;2*1-5(2)6-3-7-4-8-6/h4-6H,3H2,1-2H3;3-6,8H,1-2H3;2*3-5H,1-2H3,(H,7,8). The average molecular weight is 439 g/mol. The van der Waals surface area contributed by atoms with Gasteiger partial charge in [0.05, 0.1) is 12.7 Å². The van der Waals surface area contributed by atoms with Crippen LogP contribution in [0.2, 0.25) is 0 Å². The molecule has 4 rings (SSSR count). The molecule has 0 aromatic carbocycles. The lowest BCUT2D eigenvalue weighted by Crippen LogP contribution is -1.89. The summed E-state index contributed by atoms with van der Waals surface area (Å²) in [6.07, 6.45) is 14.0. The number of rotatable bonds is 4. The Morgan fingerprint density at radius 3 is 1.41 bits per heavy atom. The second-order valence-corrected chi connectivity index (χ2v) is 9.00. The highest BCUT2D eigenvalue weighted by molar-refractivity contribution is 5.65. The molecule has 0 unspecified atom stereocenters. The van der Waals surface area contributed by atoms with Gasteiger partial charge in [0, 0.05) is 54.5 Å². The Kier molecular flexibility index (Phi) is 12.7. The number of aromatic nitrogens is 5. The van der Waals surface area contributed by atoms with Gasteiger partial charge in [-0.25, -0.2) is 9.97 Å². The van der Waals surface area contributed by atoms with Crippen LogP contribution in [0, 0.1) is 5.92 Å². The second-order valence-electron chi connectivity index (χ2n) is 9.00. The van der Waals surface area contributed by atoms with Gasteiger partial charge in [-0.15, -0.1) is 0 Å². The van der Waals surface area contributed by atoms with Gasteiger partial charge in [-0.2, -0.15) is 0 Å². The highest BCUT2D eigenvalue weighted by Gasteiger charge is 2.03. The molecule has 4 heterocycles. The number of hydrogen-bond donors (Lipinski definition) is 3. The Balaban J connectivity index is 0.000000213. The average Bonchev–Trinajstić information content (AvgIpc) is 3.56. The van der Waals surface area contributed by atoms with Crippen molar-refractivity contribution in [2.45, 2.75) is 79.6 Å². The van der Waals surface area contributed by atoms with Crippen LogP contribution in [0.1, 0.15) is 96.6 Å². The van der Waals surface area contributed by atoms with Crippen molar-refractivity contribution in [3.8, 4) is 0 Å². The molecule has 6 nitrogen and oxygen atoms in total. The van der Waals surface area contributed by atoms with E-state index in [1.807, 2.05) is 37.1 Å². The fraction of sp³-hybridized carbons (Fsp3) is 0.500. The van der Waals surface area contributed by atoms with Gasteiger partial charge < -0.3 is 15.0 Å². The molecule has 0 spiro atoms. The molecule has 0 aliphatic carbocycles. The topological polar surface area (TPSA) is 85.5 Å². The molecule has 176 valence electrons. The van der Waals surface area contributed by atoms with Crippen LogP contribution in [0.25, 0.3) is 0 Å². The van der Waals surface area contributed by atoms with E-state index in [1.165, 1.54) is 22.7 Å².